The second-order valence-corrected chi connectivity index (χ2v) is 8.85. The van der Waals surface area contributed by atoms with Crippen LogP contribution in [0.5, 0.6) is 5.75 Å². The molecule has 0 atom stereocenters. The summed E-state index contributed by atoms with van der Waals surface area (Å²) in [5.74, 6) is 0.435. The fraction of sp³-hybridized carbons (Fsp3) is 0.167. The summed E-state index contributed by atoms with van der Waals surface area (Å²) in [7, 11) is -0.269. The van der Waals surface area contributed by atoms with Crippen LogP contribution in [0.25, 0.3) is 10.1 Å². The van der Waals surface area contributed by atoms with Crippen molar-refractivity contribution < 1.29 is 17.9 Å². The van der Waals surface area contributed by atoms with Crippen LogP contribution in [0.2, 0.25) is 0 Å². The van der Waals surface area contributed by atoms with Crippen molar-refractivity contribution in [2.75, 3.05) is 30.0 Å². The molecule has 0 aliphatic heterocycles. The molecule has 0 saturated heterocycles. The van der Waals surface area contributed by atoms with Crippen molar-refractivity contribution in [3.8, 4) is 5.75 Å². The molecule has 3 aromatic rings. The number of amides is 1. The first-order valence-electron chi connectivity index (χ1n) is 7.71. The molecule has 1 amide bonds. The van der Waals surface area contributed by atoms with Crippen molar-refractivity contribution in [3.63, 3.8) is 0 Å². The molecule has 26 heavy (non-hydrogen) atoms. The minimum atomic E-state index is -3.34. The molecule has 1 heterocycles. The highest BCUT2D eigenvalue weighted by Crippen LogP contribution is 2.30. The van der Waals surface area contributed by atoms with E-state index in [0.29, 0.717) is 22.0 Å². The highest BCUT2D eigenvalue weighted by atomic mass is 32.2. The molecule has 0 radical (unpaired) electrons. The maximum Gasteiger partial charge on any atom is 0.265 e. The van der Waals surface area contributed by atoms with E-state index in [0.717, 1.165) is 16.3 Å². The largest absolute Gasteiger partial charge is 0.497 e. The first kappa shape index (κ1) is 18.2. The van der Waals surface area contributed by atoms with Crippen molar-refractivity contribution in [2.45, 2.75) is 0 Å². The van der Waals surface area contributed by atoms with E-state index in [1.807, 2.05) is 6.07 Å². The molecule has 0 saturated carbocycles. The van der Waals surface area contributed by atoms with Crippen molar-refractivity contribution in [1.82, 2.24) is 0 Å². The lowest BCUT2D eigenvalue weighted by atomic mass is 10.2. The molecule has 1 aromatic heterocycles. The molecule has 0 spiro atoms. The van der Waals surface area contributed by atoms with Gasteiger partial charge >= 0.3 is 0 Å². The van der Waals surface area contributed by atoms with Crippen LogP contribution in [0.4, 0.5) is 11.4 Å². The van der Waals surface area contributed by atoms with Crippen LogP contribution in [0.1, 0.15) is 9.67 Å². The molecule has 1 N–H and O–H groups in total. The van der Waals surface area contributed by atoms with Crippen molar-refractivity contribution in [3.05, 3.63) is 53.4 Å². The van der Waals surface area contributed by atoms with Crippen LogP contribution in [-0.2, 0) is 10.0 Å². The van der Waals surface area contributed by atoms with E-state index in [1.165, 1.54) is 22.7 Å². The van der Waals surface area contributed by atoms with Gasteiger partial charge in [-0.3, -0.25) is 9.10 Å². The number of hydrogen-bond acceptors (Lipinski definition) is 5. The molecule has 0 fully saturated rings. The summed E-state index contributed by atoms with van der Waals surface area (Å²) in [5.41, 5.74) is 1.20. The van der Waals surface area contributed by atoms with Gasteiger partial charge in [-0.25, -0.2) is 8.42 Å². The Morgan fingerprint density at radius 3 is 2.62 bits per heavy atom. The average molecular weight is 390 g/mol. The fourth-order valence-corrected chi connectivity index (χ4v) is 3.86. The Labute approximate surface area is 156 Å². The number of methoxy groups -OCH3 is 1. The lowest BCUT2D eigenvalue weighted by molar-refractivity contribution is 0.103. The van der Waals surface area contributed by atoms with Gasteiger partial charge in [0.25, 0.3) is 5.91 Å². The number of hydrogen-bond donors (Lipinski definition) is 1. The summed E-state index contributed by atoms with van der Waals surface area (Å²) in [6.45, 7) is 0. The normalized spacial score (nSPS) is 11.3. The van der Waals surface area contributed by atoms with Crippen LogP contribution in [-0.4, -0.2) is 34.7 Å². The highest BCUT2D eigenvalue weighted by Gasteiger charge is 2.15. The fourth-order valence-electron chi connectivity index (χ4n) is 2.42. The maximum absolute atomic E-state index is 12.5. The van der Waals surface area contributed by atoms with Gasteiger partial charge in [0.05, 0.1) is 23.9 Å². The standard InChI is InChI=1S/C18H18N2O4S2/c1-20(26(3,22)23)14-7-8-16-12(9-14)10-17(25-16)18(21)19-13-5-4-6-15(11-13)24-2/h4-11H,1-3H3,(H,19,21). The number of sulfonamides is 1. The Morgan fingerprint density at radius 1 is 1.15 bits per heavy atom. The lowest BCUT2D eigenvalue weighted by Gasteiger charge is -2.16. The van der Waals surface area contributed by atoms with Gasteiger partial charge in [0.15, 0.2) is 0 Å². The molecule has 0 bridgehead atoms. The van der Waals surface area contributed by atoms with E-state index < -0.39 is 10.0 Å². The summed E-state index contributed by atoms with van der Waals surface area (Å²) in [5, 5.41) is 3.66. The van der Waals surface area contributed by atoms with Gasteiger partial charge < -0.3 is 10.1 Å². The van der Waals surface area contributed by atoms with Gasteiger partial charge in [0.2, 0.25) is 10.0 Å². The van der Waals surface area contributed by atoms with Crippen LogP contribution in [0.3, 0.4) is 0 Å². The minimum Gasteiger partial charge on any atom is -0.497 e. The van der Waals surface area contributed by atoms with Gasteiger partial charge in [-0.05, 0) is 41.8 Å². The highest BCUT2D eigenvalue weighted by molar-refractivity contribution is 7.92. The molecule has 6 nitrogen and oxygen atoms in total. The zero-order valence-electron chi connectivity index (χ0n) is 14.5. The Bertz CT molecular complexity index is 1070. The Balaban J connectivity index is 1.87. The average Bonchev–Trinajstić information content (AvgIpc) is 3.03. The number of rotatable bonds is 5. The van der Waals surface area contributed by atoms with Gasteiger partial charge in [0.1, 0.15) is 5.75 Å². The van der Waals surface area contributed by atoms with Gasteiger partial charge in [-0.2, -0.15) is 0 Å². The van der Waals surface area contributed by atoms with Crippen LogP contribution < -0.4 is 14.4 Å². The van der Waals surface area contributed by atoms with Crippen LogP contribution in [0.15, 0.2) is 48.5 Å². The molecule has 136 valence electrons. The molecule has 0 aliphatic carbocycles. The smallest absolute Gasteiger partial charge is 0.265 e. The molecular weight excluding hydrogens is 372 g/mol. The zero-order chi connectivity index (χ0) is 18.9. The summed E-state index contributed by atoms with van der Waals surface area (Å²) in [6.07, 6.45) is 1.15. The van der Waals surface area contributed by atoms with E-state index in [2.05, 4.69) is 5.32 Å². The van der Waals surface area contributed by atoms with Gasteiger partial charge in [-0.15, -0.1) is 11.3 Å². The third-order valence-electron chi connectivity index (χ3n) is 3.91. The SMILES string of the molecule is COc1cccc(NC(=O)c2cc3cc(N(C)S(C)(=O)=O)ccc3s2)c1. The second kappa shape index (κ2) is 6.97. The number of carbonyl (C=O) groups excluding carboxylic acids is 1. The number of thiophene rings is 1. The predicted octanol–water partition coefficient (Wildman–Crippen LogP) is 3.56. The Hall–Kier alpha value is -2.58. The van der Waals surface area contributed by atoms with E-state index in [4.69, 9.17) is 4.74 Å². The molecule has 0 unspecified atom stereocenters. The zero-order valence-corrected chi connectivity index (χ0v) is 16.1. The summed E-state index contributed by atoms with van der Waals surface area (Å²) >= 11 is 1.35. The second-order valence-electron chi connectivity index (χ2n) is 5.75. The van der Waals surface area contributed by atoms with Crippen LogP contribution >= 0.6 is 11.3 Å². The molecule has 3 rings (SSSR count). The third kappa shape index (κ3) is 3.81. The number of anilines is 2. The number of nitrogens with zero attached hydrogens (tertiary/aromatic N) is 1. The summed E-state index contributed by atoms with van der Waals surface area (Å²) < 4.78 is 30.6. The topological polar surface area (TPSA) is 75.7 Å². The number of benzene rings is 2. The minimum absolute atomic E-state index is 0.225. The van der Waals surface area contributed by atoms with E-state index in [1.54, 1.807) is 49.6 Å². The van der Waals surface area contributed by atoms with Crippen LogP contribution in [0, 0.1) is 0 Å². The summed E-state index contributed by atoms with van der Waals surface area (Å²) in [6, 6.07) is 14.2. The van der Waals surface area contributed by atoms with Crippen molar-refractivity contribution in [2.24, 2.45) is 0 Å². The molecule has 0 aliphatic rings. The van der Waals surface area contributed by atoms with E-state index in [-0.39, 0.29) is 5.91 Å². The first-order chi connectivity index (χ1) is 12.3. The third-order valence-corrected chi connectivity index (χ3v) is 6.23. The Morgan fingerprint density at radius 2 is 1.92 bits per heavy atom. The predicted molar refractivity (Wildman–Crippen MR) is 106 cm³/mol. The number of fused-ring (bicyclic) bond motifs is 1. The maximum atomic E-state index is 12.5. The summed E-state index contributed by atoms with van der Waals surface area (Å²) in [4.78, 5) is 13.1. The van der Waals surface area contributed by atoms with Gasteiger partial charge in [0, 0.05) is 23.5 Å². The monoisotopic (exact) mass is 390 g/mol. The number of nitrogens with one attached hydrogen (secondary N) is 1. The quantitative estimate of drug-likeness (QED) is 0.723. The van der Waals surface area contributed by atoms with Gasteiger partial charge in [-0.1, -0.05) is 6.07 Å². The number of ether oxygens (including phenoxy) is 1. The Kier molecular flexibility index (Phi) is 4.88. The van der Waals surface area contributed by atoms with Crippen molar-refractivity contribution >= 4 is 48.7 Å². The number of carbonyl (C=O) groups is 1. The van der Waals surface area contributed by atoms with Crippen molar-refractivity contribution in [1.29, 1.82) is 0 Å². The van der Waals surface area contributed by atoms with E-state index in [9.17, 15) is 13.2 Å². The van der Waals surface area contributed by atoms with E-state index >= 15 is 0 Å². The lowest BCUT2D eigenvalue weighted by Crippen LogP contribution is -2.24. The molecule has 2 aromatic carbocycles. The first-order valence-corrected chi connectivity index (χ1v) is 10.4. The molecule has 8 heteroatoms. The molecular formula is C18H18N2O4S2.